The van der Waals surface area contributed by atoms with Crippen molar-refractivity contribution >= 4 is 0 Å². The average molecular weight is 687 g/mol. The maximum absolute atomic E-state index is 2.44. The van der Waals surface area contributed by atoms with E-state index in [1.54, 1.807) is 0 Å². The van der Waals surface area contributed by atoms with E-state index < -0.39 is 0 Å². The van der Waals surface area contributed by atoms with Gasteiger partial charge in [-0.3, -0.25) is 0 Å². The second kappa shape index (κ2) is 17.1. The Labute approximate surface area is 297 Å². The summed E-state index contributed by atoms with van der Waals surface area (Å²) >= 11 is 0. The first-order valence-electron chi connectivity index (χ1n) is 13.7. The van der Waals surface area contributed by atoms with Crippen LogP contribution in [-0.2, 0) is 70.8 Å². The summed E-state index contributed by atoms with van der Waals surface area (Å²) in [5.74, 6) is 0.633. The van der Waals surface area contributed by atoms with E-state index in [1.807, 2.05) is 0 Å². The van der Waals surface area contributed by atoms with Gasteiger partial charge in [0, 0.05) is 70.8 Å². The maximum Gasteiger partial charge on any atom is 0.00293 e. The molecule has 0 fully saturated rings. The molecular weight excluding hydrogens is 622 g/mol. The summed E-state index contributed by atoms with van der Waals surface area (Å²) < 4.78 is 0. The fraction of sp³-hybridized carbons (Fsp3) is 0.622. The fourth-order valence-electron chi connectivity index (χ4n) is 5.47. The molecule has 2 aromatic rings. The molecule has 0 aromatic heterocycles. The van der Waals surface area contributed by atoms with Gasteiger partial charge >= 0.3 is 0 Å². The monoisotopic (exact) mass is 686 g/mol. The zero-order chi connectivity index (χ0) is 27.5. The molecular formula is C37H64Y2-2. The van der Waals surface area contributed by atoms with Gasteiger partial charge < -0.3 is 14.9 Å². The Bertz CT molecular complexity index is 885. The predicted molar refractivity (Wildman–Crippen MR) is 172 cm³/mol. The Morgan fingerprint density at radius 1 is 0.513 bits per heavy atom. The molecule has 220 valence electrons. The molecule has 2 unspecified atom stereocenters. The zero-order valence-corrected chi connectivity index (χ0v) is 34.9. The van der Waals surface area contributed by atoms with Gasteiger partial charge in [-0.2, -0.15) is 0 Å². The predicted octanol–water partition coefficient (Wildman–Crippen LogP) is 12.2. The first-order chi connectivity index (χ1) is 15.6. The van der Waals surface area contributed by atoms with Crippen LogP contribution in [0.2, 0.25) is 0 Å². The van der Waals surface area contributed by atoms with Gasteiger partial charge in [0.15, 0.2) is 0 Å². The first kappa shape index (κ1) is 46.6. The minimum atomic E-state index is 0. The Balaban J connectivity index is -0.000000288. The Hall–Kier alpha value is 0.648. The van der Waals surface area contributed by atoms with Gasteiger partial charge in [0.05, 0.1) is 0 Å². The van der Waals surface area contributed by atoms with Crippen LogP contribution in [0, 0.1) is 41.9 Å². The van der Waals surface area contributed by atoms with Crippen molar-refractivity contribution in [1.82, 2.24) is 0 Å². The van der Waals surface area contributed by atoms with Crippen molar-refractivity contribution in [2.24, 2.45) is 27.1 Å². The minimum absolute atomic E-state index is 0. The molecule has 0 amide bonds. The molecule has 0 saturated carbocycles. The summed E-state index contributed by atoms with van der Waals surface area (Å²) in [5, 5.41) is 0. The van der Waals surface area contributed by atoms with Gasteiger partial charge in [-0.1, -0.05) is 165 Å². The average Bonchev–Trinajstić information content (AvgIpc) is 2.70. The molecule has 2 rings (SSSR count). The van der Waals surface area contributed by atoms with Crippen molar-refractivity contribution in [3.8, 4) is 0 Å². The van der Waals surface area contributed by atoms with Crippen LogP contribution < -0.4 is 0 Å². The third kappa shape index (κ3) is 12.4. The molecule has 39 heavy (non-hydrogen) atoms. The largest absolute Gasteiger partial charge is 0.358 e. The summed E-state index contributed by atoms with van der Waals surface area (Å²) in [6.45, 7) is 35.5. The van der Waals surface area contributed by atoms with Crippen LogP contribution in [0.5, 0.6) is 0 Å². The number of benzene rings is 2. The van der Waals surface area contributed by atoms with Crippen molar-refractivity contribution in [3.63, 3.8) is 0 Å². The molecule has 2 heteroatoms. The normalized spacial score (nSPS) is 14.4. The summed E-state index contributed by atoms with van der Waals surface area (Å²) in [5.41, 5.74) is 4.37. The van der Waals surface area contributed by atoms with E-state index in [-0.39, 0.29) is 102 Å². The summed E-state index contributed by atoms with van der Waals surface area (Å²) in [4.78, 5) is 0. The Morgan fingerprint density at radius 3 is 1.15 bits per heavy atom. The standard InChI is InChI=1S/C19H32.C16H26.2CH3.2Y/c1-16(2,3)18(7,8)19(9,17(4,5)6)15-13-11-10-12-14-15;1-15(2,3)12-14(16(4,5)6)13-10-8-7-9-11-13;;;;/h10-14H,1-9H3;7-11,14H,12H2,1-6H3;2*1H3;;/q;;2*-1;;. The summed E-state index contributed by atoms with van der Waals surface area (Å²) in [7, 11) is 0. The van der Waals surface area contributed by atoms with Gasteiger partial charge in [0.2, 0.25) is 0 Å². The molecule has 0 nitrogen and oxygen atoms in total. The third-order valence-electron chi connectivity index (χ3n) is 9.04. The van der Waals surface area contributed by atoms with E-state index in [1.165, 1.54) is 17.5 Å². The van der Waals surface area contributed by atoms with Gasteiger partial charge in [-0.15, -0.1) is 0 Å². The molecule has 2 radical (unpaired) electrons. The number of rotatable bonds is 4. The second-order valence-corrected chi connectivity index (χ2v) is 15.7. The van der Waals surface area contributed by atoms with Crippen LogP contribution in [-0.4, -0.2) is 0 Å². The summed E-state index contributed by atoms with van der Waals surface area (Å²) in [6, 6.07) is 21.9. The van der Waals surface area contributed by atoms with Crippen LogP contribution in [0.1, 0.15) is 127 Å². The maximum atomic E-state index is 2.44. The zero-order valence-electron chi connectivity index (χ0n) is 29.2. The van der Waals surface area contributed by atoms with Crippen molar-refractivity contribution in [1.29, 1.82) is 0 Å². The van der Waals surface area contributed by atoms with Crippen LogP contribution >= 0.6 is 0 Å². The van der Waals surface area contributed by atoms with Crippen molar-refractivity contribution < 1.29 is 65.4 Å². The fourth-order valence-corrected chi connectivity index (χ4v) is 5.47. The minimum Gasteiger partial charge on any atom is -0.358 e. The molecule has 0 aliphatic rings. The topological polar surface area (TPSA) is 0 Å². The third-order valence-corrected chi connectivity index (χ3v) is 9.04. The van der Waals surface area contributed by atoms with E-state index in [0.29, 0.717) is 16.7 Å². The van der Waals surface area contributed by atoms with Gasteiger partial charge in [-0.25, -0.2) is 0 Å². The molecule has 2 atom stereocenters. The van der Waals surface area contributed by atoms with E-state index in [9.17, 15) is 0 Å². The number of hydrogen-bond acceptors (Lipinski definition) is 0. The molecule has 0 saturated heterocycles. The van der Waals surface area contributed by atoms with Crippen molar-refractivity contribution in [2.45, 2.75) is 122 Å². The van der Waals surface area contributed by atoms with Crippen LogP contribution in [0.25, 0.3) is 0 Å². The molecule has 2 aromatic carbocycles. The SMILES string of the molecule is CC(C)(C)C(C)(C)C(C)(c1ccccc1)C(C)(C)C.CC(C)(C)CC(c1ccccc1)C(C)(C)C.[CH3-].[CH3-].[Y].[Y]. The molecule has 0 aliphatic heterocycles. The Kier molecular flexibility index (Phi) is 20.4. The van der Waals surface area contributed by atoms with Crippen molar-refractivity contribution in [2.75, 3.05) is 0 Å². The van der Waals surface area contributed by atoms with E-state index in [4.69, 9.17) is 0 Å². The molecule has 0 heterocycles. The molecule has 0 N–H and O–H groups in total. The first-order valence-corrected chi connectivity index (χ1v) is 13.7. The number of hydrogen-bond donors (Lipinski definition) is 0. The molecule has 0 aliphatic carbocycles. The second-order valence-electron chi connectivity index (χ2n) is 15.7. The summed E-state index contributed by atoms with van der Waals surface area (Å²) in [6.07, 6.45) is 1.24. The van der Waals surface area contributed by atoms with Crippen LogP contribution in [0.4, 0.5) is 0 Å². The van der Waals surface area contributed by atoms with E-state index >= 15 is 0 Å². The quantitative estimate of drug-likeness (QED) is 0.281. The van der Waals surface area contributed by atoms with Gasteiger partial charge in [0.25, 0.3) is 0 Å². The molecule has 0 spiro atoms. The molecule has 0 bridgehead atoms. The van der Waals surface area contributed by atoms with Gasteiger partial charge in [-0.05, 0) is 50.5 Å². The van der Waals surface area contributed by atoms with E-state index in [2.05, 4.69) is 165 Å². The van der Waals surface area contributed by atoms with Gasteiger partial charge in [0.1, 0.15) is 0 Å². The van der Waals surface area contributed by atoms with E-state index in [0.717, 1.165) is 0 Å². The van der Waals surface area contributed by atoms with Crippen molar-refractivity contribution in [3.05, 3.63) is 86.6 Å². The van der Waals surface area contributed by atoms with Crippen LogP contribution in [0.3, 0.4) is 0 Å². The smallest absolute Gasteiger partial charge is 0.00293 e. The Morgan fingerprint density at radius 2 is 0.872 bits per heavy atom. The van der Waals surface area contributed by atoms with Crippen LogP contribution in [0.15, 0.2) is 60.7 Å².